The zero-order chi connectivity index (χ0) is 22.4. The van der Waals surface area contributed by atoms with E-state index < -0.39 is 11.7 Å². The Labute approximate surface area is 181 Å². The topological polar surface area (TPSA) is 41.6 Å². The SMILES string of the molecule is COc1ccc(NC(=O)CCC2CCCN(Cc3cccc(C(F)(F)F)c3)C2)c(C)c1. The average Bonchev–Trinajstić information content (AvgIpc) is 2.73. The van der Waals surface area contributed by atoms with Crippen LogP contribution in [0.3, 0.4) is 0 Å². The molecule has 0 aromatic heterocycles. The molecule has 0 radical (unpaired) electrons. The van der Waals surface area contributed by atoms with Gasteiger partial charge in [0.15, 0.2) is 0 Å². The Kier molecular flexibility index (Phi) is 7.59. The summed E-state index contributed by atoms with van der Waals surface area (Å²) in [5, 5.41) is 2.96. The van der Waals surface area contributed by atoms with Crippen LogP contribution in [0.15, 0.2) is 42.5 Å². The Morgan fingerprint density at radius 1 is 1.23 bits per heavy atom. The van der Waals surface area contributed by atoms with Gasteiger partial charge < -0.3 is 10.1 Å². The third-order valence-electron chi connectivity index (χ3n) is 5.75. The molecule has 1 saturated heterocycles. The lowest BCUT2D eigenvalue weighted by molar-refractivity contribution is -0.137. The van der Waals surface area contributed by atoms with Crippen LogP contribution in [0.5, 0.6) is 5.75 Å². The minimum absolute atomic E-state index is 0.0248. The Morgan fingerprint density at radius 2 is 2.03 bits per heavy atom. The zero-order valence-electron chi connectivity index (χ0n) is 18.0. The summed E-state index contributed by atoms with van der Waals surface area (Å²) in [7, 11) is 1.60. The van der Waals surface area contributed by atoms with Gasteiger partial charge in [-0.1, -0.05) is 18.2 Å². The smallest absolute Gasteiger partial charge is 0.416 e. The summed E-state index contributed by atoms with van der Waals surface area (Å²) in [4.78, 5) is 14.6. The predicted molar refractivity (Wildman–Crippen MR) is 115 cm³/mol. The first-order valence-corrected chi connectivity index (χ1v) is 10.6. The van der Waals surface area contributed by atoms with Gasteiger partial charge in [0.05, 0.1) is 12.7 Å². The van der Waals surface area contributed by atoms with Crippen molar-refractivity contribution < 1.29 is 22.7 Å². The van der Waals surface area contributed by atoms with Crippen LogP contribution >= 0.6 is 0 Å². The van der Waals surface area contributed by atoms with E-state index in [-0.39, 0.29) is 5.91 Å². The van der Waals surface area contributed by atoms with E-state index in [0.29, 0.717) is 24.4 Å². The number of hydrogen-bond acceptors (Lipinski definition) is 3. The van der Waals surface area contributed by atoms with E-state index in [4.69, 9.17) is 4.74 Å². The number of carbonyl (C=O) groups excluding carboxylic acids is 1. The summed E-state index contributed by atoms with van der Waals surface area (Å²) in [6.45, 7) is 4.08. The highest BCUT2D eigenvalue weighted by atomic mass is 19.4. The van der Waals surface area contributed by atoms with Gasteiger partial charge in [-0.2, -0.15) is 13.2 Å². The number of nitrogens with one attached hydrogen (secondary N) is 1. The molecule has 1 amide bonds. The summed E-state index contributed by atoms with van der Waals surface area (Å²) in [5.41, 5.74) is 1.78. The highest BCUT2D eigenvalue weighted by Crippen LogP contribution is 2.30. The van der Waals surface area contributed by atoms with Crippen molar-refractivity contribution in [3.63, 3.8) is 0 Å². The van der Waals surface area contributed by atoms with E-state index in [1.54, 1.807) is 13.2 Å². The molecule has 1 aliphatic heterocycles. The molecular formula is C24H29F3N2O2. The Balaban J connectivity index is 1.49. The average molecular weight is 435 g/mol. The van der Waals surface area contributed by atoms with E-state index in [1.165, 1.54) is 12.1 Å². The number of carbonyl (C=O) groups is 1. The molecule has 1 heterocycles. The number of anilines is 1. The van der Waals surface area contributed by atoms with Gasteiger partial charge in [-0.25, -0.2) is 0 Å². The highest BCUT2D eigenvalue weighted by Gasteiger charge is 2.30. The van der Waals surface area contributed by atoms with Crippen molar-refractivity contribution >= 4 is 11.6 Å². The molecule has 7 heteroatoms. The molecule has 1 N–H and O–H groups in total. The number of methoxy groups -OCH3 is 1. The maximum Gasteiger partial charge on any atom is 0.416 e. The fraction of sp³-hybridized carbons (Fsp3) is 0.458. The number of nitrogens with zero attached hydrogens (tertiary/aromatic N) is 1. The van der Waals surface area contributed by atoms with Crippen molar-refractivity contribution in [1.29, 1.82) is 0 Å². The highest BCUT2D eigenvalue weighted by molar-refractivity contribution is 5.91. The lowest BCUT2D eigenvalue weighted by Crippen LogP contribution is -2.35. The first-order chi connectivity index (χ1) is 14.7. The first kappa shape index (κ1) is 23.1. The number of rotatable bonds is 7. The third-order valence-corrected chi connectivity index (χ3v) is 5.75. The van der Waals surface area contributed by atoms with Gasteiger partial charge >= 0.3 is 6.18 Å². The number of likely N-dealkylation sites (tertiary alicyclic amines) is 1. The van der Waals surface area contributed by atoms with Crippen LogP contribution in [0.4, 0.5) is 18.9 Å². The van der Waals surface area contributed by atoms with Gasteiger partial charge in [-0.3, -0.25) is 9.69 Å². The van der Waals surface area contributed by atoms with E-state index in [0.717, 1.165) is 55.4 Å². The Hall–Kier alpha value is -2.54. The van der Waals surface area contributed by atoms with Gasteiger partial charge in [0.2, 0.25) is 5.91 Å². The maximum absolute atomic E-state index is 12.9. The molecule has 1 aliphatic rings. The minimum atomic E-state index is -4.32. The van der Waals surface area contributed by atoms with Gasteiger partial charge in [0, 0.05) is 25.2 Å². The largest absolute Gasteiger partial charge is 0.497 e. The van der Waals surface area contributed by atoms with Crippen LogP contribution in [0.1, 0.15) is 42.4 Å². The van der Waals surface area contributed by atoms with E-state index >= 15 is 0 Å². The molecule has 31 heavy (non-hydrogen) atoms. The monoisotopic (exact) mass is 434 g/mol. The number of aryl methyl sites for hydroxylation is 1. The van der Waals surface area contributed by atoms with Crippen molar-refractivity contribution in [1.82, 2.24) is 4.90 Å². The second-order valence-electron chi connectivity index (χ2n) is 8.21. The molecule has 1 fully saturated rings. The lowest BCUT2D eigenvalue weighted by atomic mass is 9.93. The van der Waals surface area contributed by atoms with Crippen LogP contribution in [-0.2, 0) is 17.5 Å². The second kappa shape index (κ2) is 10.2. The van der Waals surface area contributed by atoms with Crippen LogP contribution < -0.4 is 10.1 Å². The van der Waals surface area contributed by atoms with Crippen molar-refractivity contribution in [2.24, 2.45) is 5.92 Å². The number of benzene rings is 2. The van der Waals surface area contributed by atoms with E-state index in [9.17, 15) is 18.0 Å². The Bertz CT molecular complexity index is 899. The fourth-order valence-corrected chi connectivity index (χ4v) is 4.09. The predicted octanol–water partition coefficient (Wildman–Crippen LogP) is 5.65. The first-order valence-electron chi connectivity index (χ1n) is 10.6. The van der Waals surface area contributed by atoms with E-state index in [2.05, 4.69) is 10.2 Å². The second-order valence-corrected chi connectivity index (χ2v) is 8.21. The number of piperidine rings is 1. The molecule has 0 bridgehead atoms. The standard InChI is InChI=1S/C24H29F3N2O2/c1-17-13-21(31-2)9-10-22(17)28-23(30)11-8-18-6-4-12-29(15-18)16-19-5-3-7-20(14-19)24(25,26)27/h3,5,7,9-10,13-14,18H,4,6,8,11-12,15-16H2,1-2H3,(H,28,30). The third kappa shape index (κ3) is 6.72. The van der Waals surface area contributed by atoms with Crippen LogP contribution in [0.2, 0.25) is 0 Å². The molecule has 168 valence electrons. The molecule has 3 rings (SSSR count). The summed E-state index contributed by atoms with van der Waals surface area (Å²) in [5.74, 6) is 1.09. The van der Waals surface area contributed by atoms with Gasteiger partial charge in [-0.05, 0) is 74.0 Å². The number of amides is 1. The van der Waals surface area contributed by atoms with Crippen molar-refractivity contribution in [2.75, 3.05) is 25.5 Å². The van der Waals surface area contributed by atoms with Crippen LogP contribution in [0.25, 0.3) is 0 Å². The molecule has 2 aromatic carbocycles. The van der Waals surface area contributed by atoms with Crippen molar-refractivity contribution in [3.8, 4) is 5.75 Å². The van der Waals surface area contributed by atoms with Crippen molar-refractivity contribution in [2.45, 2.75) is 45.3 Å². The zero-order valence-corrected chi connectivity index (χ0v) is 18.0. The van der Waals surface area contributed by atoms with Gasteiger partial charge in [-0.15, -0.1) is 0 Å². The molecule has 4 nitrogen and oxygen atoms in total. The lowest BCUT2D eigenvalue weighted by Gasteiger charge is -2.32. The number of halogens is 3. The van der Waals surface area contributed by atoms with Crippen LogP contribution in [-0.4, -0.2) is 31.0 Å². The van der Waals surface area contributed by atoms with E-state index in [1.807, 2.05) is 25.1 Å². The fourth-order valence-electron chi connectivity index (χ4n) is 4.09. The summed E-state index contributed by atoms with van der Waals surface area (Å²) in [6.07, 6.45) is -1.11. The molecule has 2 aromatic rings. The summed E-state index contributed by atoms with van der Waals surface area (Å²) in [6, 6.07) is 11.1. The summed E-state index contributed by atoms with van der Waals surface area (Å²) < 4.78 is 44.0. The maximum atomic E-state index is 12.9. The quantitative estimate of drug-likeness (QED) is 0.612. The molecule has 1 atom stereocenters. The number of hydrogen-bond donors (Lipinski definition) is 1. The van der Waals surface area contributed by atoms with Crippen molar-refractivity contribution in [3.05, 3.63) is 59.2 Å². The summed E-state index contributed by atoms with van der Waals surface area (Å²) >= 11 is 0. The normalized spacial score (nSPS) is 17.4. The van der Waals surface area contributed by atoms with Gasteiger partial charge in [0.25, 0.3) is 0 Å². The minimum Gasteiger partial charge on any atom is -0.497 e. The molecule has 0 aliphatic carbocycles. The van der Waals surface area contributed by atoms with Crippen LogP contribution in [0, 0.1) is 12.8 Å². The molecular weight excluding hydrogens is 405 g/mol. The molecule has 1 unspecified atom stereocenters. The van der Waals surface area contributed by atoms with Gasteiger partial charge in [0.1, 0.15) is 5.75 Å². The molecule has 0 saturated carbocycles. The molecule has 0 spiro atoms. The number of ether oxygens (including phenoxy) is 1. The Morgan fingerprint density at radius 3 is 2.74 bits per heavy atom. The number of alkyl halides is 3.